The molecule has 0 aliphatic carbocycles. The number of rotatable bonds is 6. The topological polar surface area (TPSA) is 99.7 Å². The van der Waals surface area contributed by atoms with Gasteiger partial charge in [0.15, 0.2) is 0 Å². The number of nitrogens with zero attached hydrogens (tertiary/aromatic N) is 4. The van der Waals surface area contributed by atoms with Crippen LogP contribution >= 0.6 is 46.4 Å². The maximum atomic E-state index is 14.7. The number of halogens is 4. The van der Waals surface area contributed by atoms with Crippen LogP contribution in [0.5, 0.6) is 11.5 Å². The molecule has 4 saturated heterocycles. The summed E-state index contributed by atoms with van der Waals surface area (Å²) in [5, 5.41) is 4.54. The van der Waals surface area contributed by atoms with E-state index in [-0.39, 0.29) is 31.5 Å². The molecule has 4 fully saturated rings. The van der Waals surface area contributed by atoms with Gasteiger partial charge in [-0.3, -0.25) is 19.2 Å². The molecule has 8 rings (SSSR count). The first kappa shape index (κ1) is 33.0. The summed E-state index contributed by atoms with van der Waals surface area (Å²) in [6, 6.07) is 19.4. The lowest BCUT2D eigenvalue weighted by Crippen LogP contribution is -2.50. The van der Waals surface area contributed by atoms with Crippen LogP contribution in [-0.2, 0) is 19.2 Å². The van der Waals surface area contributed by atoms with Gasteiger partial charge in [0, 0.05) is 20.1 Å². The zero-order valence-corrected chi connectivity index (χ0v) is 29.3. The average Bonchev–Trinajstić information content (AvgIpc) is 3.75. The van der Waals surface area contributed by atoms with Crippen molar-refractivity contribution in [1.29, 1.82) is 0 Å². The molecule has 0 N–H and O–H groups in total. The number of hydrazine groups is 1. The summed E-state index contributed by atoms with van der Waals surface area (Å²) >= 11 is 25.3. The molecule has 4 amide bonds. The maximum absolute atomic E-state index is 14.7. The van der Waals surface area contributed by atoms with Gasteiger partial charge in [-0.1, -0.05) is 70.7 Å². The normalized spacial score (nSPS) is 26.1. The Morgan fingerprint density at radius 2 is 0.780 bits per heavy atom. The summed E-state index contributed by atoms with van der Waals surface area (Å²) in [7, 11) is 3.08. The fraction of sp³-hybridized carbons (Fsp3) is 0.222. The first-order valence-corrected chi connectivity index (χ1v) is 17.1. The van der Waals surface area contributed by atoms with Crippen molar-refractivity contribution in [3.05, 3.63) is 116 Å². The van der Waals surface area contributed by atoms with E-state index in [4.69, 9.17) is 55.9 Å². The van der Waals surface area contributed by atoms with Crippen LogP contribution in [-0.4, -0.2) is 59.9 Å². The van der Waals surface area contributed by atoms with E-state index in [1.165, 1.54) is 36.4 Å². The fourth-order valence-electron chi connectivity index (χ4n) is 7.95. The highest BCUT2D eigenvalue weighted by Gasteiger charge is 2.73. The molecule has 0 bridgehead atoms. The van der Waals surface area contributed by atoms with Crippen LogP contribution in [0.2, 0.25) is 20.1 Å². The molecule has 4 heterocycles. The first-order valence-electron chi connectivity index (χ1n) is 15.5. The number of amides is 4. The van der Waals surface area contributed by atoms with Crippen molar-refractivity contribution in [2.75, 3.05) is 24.0 Å². The Morgan fingerprint density at radius 3 is 1.08 bits per heavy atom. The smallest absolute Gasteiger partial charge is 0.253 e. The van der Waals surface area contributed by atoms with Crippen molar-refractivity contribution in [3.8, 4) is 11.5 Å². The Hall–Kier alpha value is -4.16. The molecule has 14 heteroatoms. The molecule has 0 spiro atoms. The second-order valence-electron chi connectivity index (χ2n) is 12.4. The van der Waals surface area contributed by atoms with E-state index in [1.54, 1.807) is 72.8 Å². The number of ether oxygens (including phenoxy) is 2. The quantitative estimate of drug-likeness (QED) is 0.199. The number of benzene rings is 4. The number of fused-ring (bicyclic) bond motifs is 5. The predicted octanol–water partition coefficient (Wildman–Crippen LogP) is 6.76. The average molecular weight is 752 g/mol. The Labute approximate surface area is 306 Å². The largest absolute Gasteiger partial charge is 0.497 e. The molecule has 4 aliphatic heterocycles. The van der Waals surface area contributed by atoms with Gasteiger partial charge >= 0.3 is 0 Å². The van der Waals surface area contributed by atoms with Crippen LogP contribution in [0.1, 0.15) is 23.2 Å². The third-order valence-corrected chi connectivity index (χ3v) is 10.7. The van der Waals surface area contributed by atoms with Gasteiger partial charge in [-0.15, -0.1) is 0 Å². The molecular weight excluding hydrogens is 726 g/mol. The molecule has 4 aromatic rings. The van der Waals surface area contributed by atoms with Gasteiger partial charge in [0.2, 0.25) is 11.8 Å². The van der Waals surface area contributed by atoms with Crippen molar-refractivity contribution in [2.24, 2.45) is 11.8 Å². The Balaban J connectivity index is 1.33. The van der Waals surface area contributed by atoms with Gasteiger partial charge in [-0.05, 0) is 71.8 Å². The summed E-state index contributed by atoms with van der Waals surface area (Å²) in [5.41, 5.74) is 1.75. The molecule has 6 atom stereocenters. The SMILES string of the molecule is COc1ccc(C2C3C(=O)N(c4cc(Cl)cc(Cl)c4)C(=O)C3N3C(c4ccc(OC)cc4)C4C(=O)N(c5cc(Cl)cc(Cl)c5)C(=O)C4N23)cc1. The van der Waals surface area contributed by atoms with E-state index >= 15 is 0 Å². The third-order valence-electron chi connectivity index (χ3n) is 9.85. The van der Waals surface area contributed by atoms with Gasteiger partial charge < -0.3 is 9.47 Å². The van der Waals surface area contributed by atoms with Gasteiger partial charge in [-0.2, -0.15) is 0 Å². The lowest BCUT2D eigenvalue weighted by Gasteiger charge is -2.35. The summed E-state index contributed by atoms with van der Waals surface area (Å²) in [6.45, 7) is 0. The van der Waals surface area contributed by atoms with E-state index in [2.05, 4.69) is 0 Å². The van der Waals surface area contributed by atoms with Gasteiger partial charge in [0.1, 0.15) is 23.6 Å². The summed E-state index contributed by atoms with van der Waals surface area (Å²) < 4.78 is 10.8. The molecule has 4 aromatic carbocycles. The first-order chi connectivity index (χ1) is 24.0. The standard InChI is InChI=1S/C36H26Cl4N4O6/c1-49-25-7-3-17(4-8-25)29-27-31(35(47)41(33(27)45)23-13-19(37)11-20(38)14-23)44-30(18-5-9-26(50-2)10-6-18)28-32(43(29)44)36(48)42(34(28)46)24-15-21(39)12-22(40)16-24/h3-16,27-32H,1-2H3. The van der Waals surface area contributed by atoms with Crippen molar-refractivity contribution >= 4 is 81.4 Å². The van der Waals surface area contributed by atoms with Crippen molar-refractivity contribution < 1.29 is 28.7 Å². The summed E-state index contributed by atoms with van der Waals surface area (Å²) in [4.78, 5) is 60.8. The zero-order valence-electron chi connectivity index (χ0n) is 26.3. The predicted molar refractivity (Wildman–Crippen MR) is 188 cm³/mol. The number of methoxy groups -OCH3 is 2. The van der Waals surface area contributed by atoms with Crippen molar-refractivity contribution in [1.82, 2.24) is 10.0 Å². The second-order valence-corrected chi connectivity index (χ2v) is 14.2. The molecule has 0 radical (unpaired) electrons. The minimum atomic E-state index is -1.08. The second kappa shape index (κ2) is 12.3. The number of carbonyl (C=O) groups is 4. The van der Waals surface area contributed by atoms with E-state index < -0.39 is 59.6 Å². The highest BCUT2D eigenvalue weighted by Crippen LogP contribution is 2.60. The number of carbonyl (C=O) groups excluding carboxylic acids is 4. The minimum Gasteiger partial charge on any atom is -0.497 e. The highest BCUT2D eigenvalue weighted by molar-refractivity contribution is 6.37. The Kier molecular flexibility index (Phi) is 8.09. The number of hydrogen-bond acceptors (Lipinski definition) is 8. The molecule has 10 nitrogen and oxygen atoms in total. The van der Waals surface area contributed by atoms with E-state index in [1.807, 2.05) is 0 Å². The number of imide groups is 2. The lowest BCUT2D eigenvalue weighted by molar-refractivity contribution is -0.136. The van der Waals surface area contributed by atoms with Crippen molar-refractivity contribution in [3.63, 3.8) is 0 Å². The summed E-state index contributed by atoms with van der Waals surface area (Å²) in [5.74, 6) is -2.85. The lowest BCUT2D eigenvalue weighted by atomic mass is 9.84. The fourth-order valence-corrected chi connectivity index (χ4v) is 8.97. The van der Waals surface area contributed by atoms with Crippen LogP contribution in [0.25, 0.3) is 0 Å². The van der Waals surface area contributed by atoms with E-state index in [0.717, 1.165) is 9.80 Å². The molecule has 0 saturated carbocycles. The molecule has 50 heavy (non-hydrogen) atoms. The van der Waals surface area contributed by atoms with Gasteiger partial charge in [0.05, 0.1) is 49.5 Å². The monoisotopic (exact) mass is 750 g/mol. The Morgan fingerprint density at radius 1 is 0.460 bits per heavy atom. The molecule has 0 aromatic heterocycles. The van der Waals surface area contributed by atoms with E-state index in [9.17, 15) is 19.2 Å². The van der Waals surface area contributed by atoms with Crippen LogP contribution in [0.15, 0.2) is 84.9 Å². The number of anilines is 2. The van der Waals surface area contributed by atoms with Crippen LogP contribution in [0.3, 0.4) is 0 Å². The molecule has 4 aliphatic rings. The van der Waals surface area contributed by atoms with E-state index in [0.29, 0.717) is 22.6 Å². The van der Waals surface area contributed by atoms with Crippen LogP contribution in [0.4, 0.5) is 11.4 Å². The van der Waals surface area contributed by atoms with Gasteiger partial charge in [-0.25, -0.2) is 19.8 Å². The molecule has 6 unspecified atom stereocenters. The Bertz CT molecular complexity index is 1910. The molecular formula is C36H26Cl4N4O6. The highest BCUT2D eigenvalue weighted by atomic mass is 35.5. The minimum absolute atomic E-state index is 0.225. The van der Waals surface area contributed by atoms with Gasteiger partial charge in [0.25, 0.3) is 11.8 Å². The van der Waals surface area contributed by atoms with Crippen LogP contribution < -0.4 is 19.3 Å². The number of hydrogen-bond donors (Lipinski definition) is 0. The third kappa shape index (κ3) is 4.92. The molecule has 254 valence electrons. The zero-order chi connectivity index (χ0) is 35.2. The summed E-state index contributed by atoms with van der Waals surface area (Å²) in [6.07, 6.45) is 0. The maximum Gasteiger partial charge on any atom is 0.253 e. The van der Waals surface area contributed by atoms with Crippen LogP contribution in [0, 0.1) is 11.8 Å². The van der Waals surface area contributed by atoms with Crippen molar-refractivity contribution in [2.45, 2.75) is 24.2 Å².